The molecule has 6 heteroatoms. The Kier molecular flexibility index (Phi) is 7.04. The van der Waals surface area contributed by atoms with Crippen LogP contribution < -0.4 is 9.47 Å². The van der Waals surface area contributed by atoms with Crippen LogP contribution in [0.5, 0.6) is 11.5 Å². The first-order chi connectivity index (χ1) is 13.9. The number of hydrogen-bond acceptors (Lipinski definition) is 4. The van der Waals surface area contributed by atoms with E-state index in [0.29, 0.717) is 30.5 Å². The summed E-state index contributed by atoms with van der Waals surface area (Å²) in [6.45, 7) is 5.60. The molecule has 0 saturated heterocycles. The van der Waals surface area contributed by atoms with E-state index in [2.05, 4.69) is 25.1 Å². The molecule has 2 aromatic carbocycles. The highest BCUT2D eigenvalue weighted by Crippen LogP contribution is 2.40. The van der Waals surface area contributed by atoms with Crippen molar-refractivity contribution < 1.29 is 19.4 Å². The minimum Gasteiger partial charge on any atom is -0.493 e. The highest BCUT2D eigenvalue weighted by atomic mass is 35.5. The Labute approximate surface area is 177 Å². The summed E-state index contributed by atoms with van der Waals surface area (Å²) in [7, 11) is 1.88. The van der Waals surface area contributed by atoms with Crippen LogP contribution in [0.2, 0.25) is 5.02 Å². The summed E-state index contributed by atoms with van der Waals surface area (Å²) < 4.78 is 12.1. The normalized spacial score (nSPS) is 15.4. The lowest BCUT2D eigenvalue weighted by Gasteiger charge is -2.21. The van der Waals surface area contributed by atoms with Gasteiger partial charge in [-0.25, -0.2) is 0 Å². The van der Waals surface area contributed by atoms with Crippen molar-refractivity contribution in [1.29, 1.82) is 0 Å². The fraction of sp³-hybridized carbons (Fsp3) is 0.435. The molecule has 0 fully saturated rings. The molecule has 0 radical (unpaired) electrons. The third-order valence-electron chi connectivity index (χ3n) is 5.28. The molecule has 0 spiro atoms. The van der Waals surface area contributed by atoms with Gasteiger partial charge in [-0.3, -0.25) is 4.79 Å². The number of carboxylic acids is 1. The number of aryl methyl sites for hydroxylation is 1. The van der Waals surface area contributed by atoms with Gasteiger partial charge in [-0.1, -0.05) is 29.8 Å². The maximum Gasteiger partial charge on any atom is 0.304 e. The molecule has 0 saturated carbocycles. The topological polar surface area (TPSA) is 59.0 Å². The summed E-state index contributed by atoms with van der Waals surface area (Å²) in [6.07, 6.45) is 2.02. The van der Waals surface area contributed by atoms with Crippen molar-refractivity contribution >= 4 is 17.6 Å². The number of halogens is 1. The van der Waals surface area contributed by atoms with Crippen LogP contribution in [0.1, 0.15) is 48.1 Å². The van der Waals surface area contributed by atoms with Crippen molar-refractivity contribution in [2.75, 3.05) is 20.2 Å². The summed E-state index contributed by atoms with van der Waals surface area (Å²) >= 11 is 6.56. The van der Waals surface area contributed by atoms with E-state index in [1.807, 2.05) is 31.0 Å². The van der Waals surface area contributed by atoms with Gasteiger partial charge in [0.15, 0.2) is 0 Å². The molecule has 156 valence electrons. The van der Waals surface area contributed by atoms with Gasteiger partial charge in [-0.2, -0.15) is 0 Å². The highest BCUT2D eigenvalue weighted by Gasteiger charge is 2.26. The lowest BCUT2D eigenvalue weighted by atomic mass is 10.0. The molecule has 0 unspecified atom stereocenters. The molecule has 1 N–H and O–H groups in total. The van der Waals surface area contributed by atoms with E-state index in [0.717, 1.165) is 24.2 Å². The third kappa shape index (κ3) is 5.22. The summed E-state index contributed by atoms with van der Waals surface area (Å²) in [4.78, 5) is 12.8. The van der Waals surface area contributed by atoms with E-state index in [9.17, 15) is 4.79 Å². The Bertz CT molecular complexity index is 883. The second kappa shape index (κ2) is 9.51. The van der Waals surface area contributed by atoms with Crippen molar-refractivity contribution in [1.82, 2.24) is 4.90 Å². The maximum absolute atomic E-state index is 10.8. The van der Waals surface area contributed by atoms with Gasteiger partial charge in [0.25, 0.3) is 0 Å². The molecular formula is C23H28ClNO4. The minimum absolute atomic E-state index is 0.0130. The minimum atomic E-state index is -0.809. The van der Waals surface area contributed by atoms with E-state index in [-0.39, 0.29) is 12.5 Å². The molecular weight excluding hydrogens is 390 g/mol. The first-order valence-corrected chi connectivity index (χ1v) is 10.4. The number of nitrogens with zero attached hydrogens (tertiary/aromatic N) is 1. The van der Waals surface area contributed by atoms with E-state index < -0.39 is 5.97 Å². The van der Waals surface area contributed by atoms with Crippen LogP contribution in [-0.2, 0) is 17.8 Å². The fourth-order valence-corrected chi connectivity index (χ4v) is 4.04. The van der Waals surface area contributed by atoms with Gasteiger partial charge in [0.2, 0.25) is 0 Å². The van der Waals surface area contributed by atoms with Crippen molar-refractivity contribution in [3.8, 4) is 11.5 Å². The van der Waals surface area contributed by atoms with E-state index in [4.69, 9.17) is 26.2 Å². The van der Waals surface area contributed by atoms with Crippen LogP contribution >= 0.6 is 11.6 Å². The monoisotopic (exact) mass is 417 g/mol. The van der Waals surface area contributed by atoms with E-state index >= 15 is 0 Å². The van der Waals surface area contributed by atoms with Gasteiger partial charge in [0, 0.05) is 24.7 Å². The number of aliphatic carboxylic acids is 1. The summed E-state index contributed by atoms with van der Waals surface area (Å²) in [5.41, 5.74) is 4.82. The fourth-order valence-electron chi connectivity index (χ4n) is 3.81. The van der Waals surface area contributed by atoms with Crippen LogP contribution in [0.3, 0.4) is 0 Å². The van der Waals surface area contributed by atoms with Gasteiger partial charge in [-0.05, 0) is 56.5 Å². The standard InChI is InChI=1S/C23H28ClNO4/c1-4-28-21-13-22(19(24)12-16(21)14-25(3)11-10-23(26)27)29-20-9-8-17-15(2)6-5-7-18(17)20/h5-7,12-13,20H,4,8-11,14H2,1-3H3,(H,26,27)/t20-/m0/s1. The van der Waals surface area contributed by atoms with Gasteiger partial charge >= 0.3 is 5.97 Å². The number of fused-ring (bicyclic) bond motifs is 1. The lowest BCUT2D eigenvalue weighted by molar-refractivity contribution is -0.137. The van der Waals surface area contributed by atoms with Crippen LogP contribution in [0, 0.1) is 6.92 Å². The van der Waals surface area contributed by atoms with Crippen LogP contribution in [-0.4, -0.2) is 36.2 Å². The Balaban J connectivity index is 1.80. The second-order valence-electron chi connectivity index (χ2n) is 7.49. The van der Waals surface area contributed by atoms with Crippen LogP contribution in [0.25, 0.3) is 0 Å². The Hall–Kier alpha value is -2.24. The number of ether oxygens (including phenoxy) is 2. The van der Waals surface area contributed by atoms with E-state index in [1.54, 1.807) is 0 Å². The zero-order valence-corrected chi connectivity index (χ0v) is 18.0. The highest BCUT2D eigenvalue weighted by molar-refractivity contribution is 6.32. The zero-order valence-electron chi connectivity index (χ0n) is 17.2. The van der Waals surface area contributed by atoms with Crippen LogP contribution in [0.4, 0.5) is 0 Å². The number of carboxylic acid groups (broad SMARTS) is 1. The molecule has 0 heterocycles. The average Bonchev–Trinajstić information content (AvgIpc) is 3.08. The molecule has 0 bridgehead atoms. The molecule has 0 aliphatic heterocycles. The van der Waals surface area contributed by atoms with Crippen LogP contribution in [0.15, 0.2) is 30.3 Å². The predicted molar refractivity (Wildman–Crippen MR) is 114 cm³/mol. The maximum atomic E-state index is 10.8. The largest absolute Gasteiger partial charge is 0.493 e. The molecule has 5 nitrogen and oxygen atoms in total. The Morgan fingerprint density at radius 3 is 2.83 bits per heavy atom. The SMILES string of the molecule is CCOc1cc(O[C@H]2CCc3c(C)cccc32)c(Cl)cc1CN(C)CCC(=O)O. The third-order valence-corrected chi connectivity index (χ3v) is 5.58. The smallest absolute Gasteiger partial charge is 0.304 e. The molecule has 1 aliphatic rings. The van der Waals surface area contributed by atoms with Gasteiger partial charge in [-0.15, -0.1) is 0 Å². The van der Waals surface area contributed by atoms with Crippen molar-refractivity contribution in [3.05, 3.63) is 57.6 Å². The number of carbonyl (C=O) groups is 1. The first-order valence-electron chi connectivity index (χ1n) is 9.99. The summed E-state index contributed by atoms with van der Waals surface area (Å²) in [5, 5.41) is 9.42. The average molecular weight is 418 g/mol. The zero-order chi connectivity index (χ0) is 21.0. The van der Waals surface area contributed by atoms with Gasteiger partial charge in [0.05, 0.1) is 18.1 Å². The van der Waals surface area contributed by atoms with Crippen molar-refractivity contribution in [2.24, 2.45) is 0 Å². The number of rotatable bonds is 9. The summed E-state index contributed by atoms with van der Waals surface area (Å²) in [6, 6.07) is 10.1. The molecule has 29 heavy (non-hydrogen) atoms. The number of benzene rings is 2. The lowest BCUT2D eigenvalue weighted by Crippen LogP contribution is -2.21. The summed E-state index contributed by atoms with van der Waals surface area (Å²) in [5.74, 6) is 0.527. The Morgan fingerprint density at radius 1 is 1.31 bits per heavy atom. The molecule has 3 rings (SSSR count). The first kappa shape index (κ1) is 21.5. The number of hydrogen-bond donors (Lipinski definition) is 1. The van der Waals surface area contributed by atoms with Gasteiger partial charge < -0.3 is 19.5 Å². The molecule has 2 aromatic rings. The van der Waals surface area contributed by atoms with Crippen molar-refractivity contribution in [3.63, 3.8) is 0 Å². The molecule has 0 aromatic heterocycles. The second-order valence-corrected chi connectivity index (χ2v) is 7.90. The Morgan fingerprint density at radius 2 is 2.10 bits per heavy atom. The predicted octanol–water partition coefficient (Wildman–Crippen LogP) is 5.02. The molecule has 1 aliphatic carbocycles. The quantitative estimate of drug-likeness (QED) is 0.620. The molecule has 0 amide bonds. The van der Waals surface area contributed by atoms with Gasteiger partial charge in [0.1, 0.15) is 17.6 Å². The molecule has 1 atom stereocenters. The van der Waals surface area contributed by atoms with Crippen molar-refractivity contribution in [2.45, 2.75) is 45.8 Å². The van der Waals surface area contributed by atoms with E-state index in [1.165, 1.54) is 16.7 Å².